The summed E-state index contributed by atoms with van der Waals surface area (Å²) in [5.74, 6) is 0.789. The van der Waals surface area contributed by atoms with Gasteiger partial charge in [0.25, 0.3) is 0 Å². The molecule has 3 unspecified atom stereocenters. The highest BCUT2D eigenvalue weighted by Crippen LogP contribution is 2.49. The Hall–Kier alpha value is -1.85. The highest BCUT2D eigenvalue weighted by Gasteiger charge is 2.42. The number of rotatable bonds is 4. The summed E-state index contributed by atoms with van der Waals surface area (Å²) in [6.45, 7) is 2.55. The number of hydrogen-bond acceptors (Lipinski definition) is 3. The number of likely N-dealkylation sites (tertiary alicyclic amines) is 1. The lowest BCUT2D eigenvalue weighted by atomic mass is 9.73. The lowest BCUT2D eigenvalue weighted by molar-refractivity contribution is -0.126. The van der Waals surface area contributed by atoms with E-state index in [0.29, 0.717) is 12.0 Å². The van der Waals surface area contributed by atoms with E-state index in [4.69, 9.17) is 0 Å². The molecule has 1 aromatic heterocycles. The molecule has 5 nitrogen and oxygen atoms in total. The molecule has 2 aromatic rings. The summed E-state index contributed by atoms with van der Waals surface area (Å²) in [6.07, 6.45) is 4.71. The fourth-order valence-corrected chi connectivity index (χ4v) is 5.31. The zero-order valence-electron chi connectivity index (χ0n) is 16.2. The molecule has 2 heterocycles. The summed E-state index contributed by atoms with van der Waals surface area (Å²) in [7, 11) is 2.19. The van der Waals surface area contributed by atoms with Gasteiger partial charge in [0, 0.05) is 41.1 Å². The molecule has 144 valence electrons. The minimum atomic E-state index is -0.347. The lowest BCUT2D eigenvalue weighted by Gasteiger charge is -2.46. The van der Waals surface area contributed by atoms with E-state index >= 15 is 0 Å². The maximum Gasteiger partial charge on any atom is 0.225 e. The van der Waals surface area contributed by atoms with Gasteiger partial charge in [-0.1, -0.05) is 19.1 Å². The quantitative estimate of drug-likeness (QED) is 0.778. The summed E-state index contributed by atoms with van der Waals surface area (Å²) >= 11 is 0. The number of nitrogens with one attached hydrogen (secondary N) is 2. The first-order chi connectivity index (χ1) is 13.1. The molecule has 0 spiro atoms. The Morgan fingerprint density at radius 1 is 1.41 bits per heavy atom. The van der Waals surface area contributed by atoms with Gasteiger partial charge in [-0.2, -0.15) is 0 Å². The van der Waals surface area contributed by atoms with Crippen molar-refractivity contribution in [3.63, 3.8) is 0 Å². The molecule has 27 heavy (non-hydrogen) atoms. The van der Waals surface area contributed by atoms with Gasteiger partial charge in [0.2, 0.25) is 5.91 Å². The first-order valence-corrected chi connectivity index (χ1v) is 10.3. The van der Waals surface area contributed by atoms with Crippen molar-refractivity contribution in [2.24, 2.45) is 5.92 Å². The lowest BCUT2D eigenvalue weighted by Crippen LogP contribution is -2.55. The second kappa shape index (κ2) is 6.35. The van der Waals surface area contributed by atoms with Crippen LogP contribution in [0.1, 0.15) is 54.8 Å². The van der Waals surface area contributed by atoms with Gasteiger partial charge in [0.15, 0.2) is 0 Å². The van der Waals surface area contributed by atoms with Gasteiger partial charge in [-0.25, -0.2) is 0 Å². The Balaban J connectivity index is 1.49. The third-order valence-electron chi connectivity index (χ3n) is 6.94. The van der Waals surface area contributed by atoms with Crippen molar-refractivity contribution in [2.75, 3.05) is 20.2 Å². The van der Waals surface area contributed by atoms with Gasteiger partial charge >= 0.3 is 0 Å². The van der Waals surface area contributed by atoms with Crippen LogP contribution in [0.15, 0.2) is 18.2 Å². The number of hydrogen-bond donors (Lipinski definition) is 3. The number of aliphatic hydroxyl groups excluding tert-OH is 1. The number of aliphatic hydroxyl groups is 1. The number of amides is 1. The molecule has 2 fully saturated rings. The minimum Gasteiger partial charge on any atom is -0.396 e. The fourth-order valence-electron chi connectivity index (χ4n) is 5.31. The number of aromatic nitrogens is 1. The first kappa shape index (κ1) is 17.3. The van der Waals surface area contributed by atoms with Crippen molar-refractivity contribution in [1.29, 1.82) is 0 Å². The third kappa shape index (κ3) is 2.79. The molecule has 1 amide bonds. The SMILES string of the molecule is CC(CO)C(=O)NC1CC2c3cccc4[nH]c(C5CC5)c(c34)C[C@H]2N(C)C1. The molecule has 0 bridgehead atoms. The fraction of sp³-hybridized carbons (Fsp3) is 0.591. The molecule has 5 heteroatoms. The smallest absolute Gasteiger partial charge is 0.225 e. The Bertz CT molecular complexity index is 885. The van der Waals surface area contributed by atoms with Gasteiger partial charge < -0.3 is 20.3 Å². The summed E-state index contributed by atoms with van der Waals surface area (Å²) < 4.78 is 0. The molecule has 1 aliphatic heterocycles. The maximum atomic E-state index is 12.3. The van der Waals surface area contributed by atoms with Crippen LogP contribution >= 0.6 is 0 Å². The standard InChI is InChI=1S/C22H29N3O2/c1-12(11-26)22(27)23-14-8-16-15-4-3-5-18-20(15)17(9-19(16)25(2)10-14)21(24-18)13-6-7-13/h3-5,12-14,16,19,24,26H,6-11H2,1-2H3,(H,23,27)/t12?,14?,16?,19-/m1/s1. The largest absolute Gasteiger partial charge is 0.396 e. The number of piperidine rings is 1. The summed E-state index contributed by atoms with van der Waals surface area (Å²) in [5, 5.41) is 13.9. The van der Waals surface area contributed by atoms with E-state index in [1.165, 1.54) is 35.0 Å². The van der Waals surface area contributed by atoms with E-state index in [1.807, 2.05) is 0 Å². The van der Waals surface area contributed by atoms with Crippen LogP contribution in [0.5, 0.6) is 0 Å². The van der Waals surface area contributed by atoms with Crippen LogP contribution in [0.2, 0.25) is 0 Å². The zero-order valence-corrected chi connectivity index (χ0v) is 16.2. The summed E-state index contributed by atoms with van der Waals surface area (Å²) in [4.78, 5) is 18.5. The van der Waals surface area contributed by atoms with Crippen LogP contribution in [-0.4, -0.2) is 53.2 Å². The number of carbonyl (C=O) groups excluding carboxylic acids is 1. The Morgan fingerprint density at radius 3 is 2.96 bits per heavy atom. The molecule has 1 aromatic carbocycles. The van der Waals surface area contributed by atoms with E-state index < -0.39 is 0 Å². The molecule has 0 radical (unpaired) electrons. The average molecular weight is 367 g/mol. The van der Waals surface area contributed by atoms with Crippen molar-refractivity contribution < 1.29 is 9.90 Å². The van der Waals surface area contributed by atoms with E-state index in [1.54, 1.807) is 12.5 Å². The van der Waals surface area contributed by atoms with Crippen molar-refractivity contribution in [3.8, 4) is 0 Å². The topological polar surface area (TPSA) is 68.4 Å². The highest BCUT2D eigenvalue weighted by molar-refractivity contribution is 5.90. The van der Waals surface area contributed by atoms with E-state index in [-0.39, 0.29) is 24.5 Å². The average Bonchev–Trinajstić information content (AvgIpc) is 3.44. The molecule has 1 saturated heterocycles. The van der Waals surface area contributed by atoms with Crippen LogP contribution in [0, 0.1) is 5.92 Å². The number of likely N-dealkylation sites (N-methyl/N-ethyl adjacent to an activating group) is 1. The van der Waals surface area contributed by atoms with Crippen LogP contribution in [0.4, 0.5) is 0 Å². The number of H-pyrrole nitrogens is 1. The Labute approximate surface area is 160 Å². The van der Waals surface area contributed by atoms with Gasteiger partial charge in [-0.3, -0.25) is 4.79 Å². The number of nitrogens with zero attached hydrogens (tertiary/aromatic N) is 1. The number of aromatic amines is 1. The highest BCUT2D eigenvalue weighted by atomic mass is 16.3. The molecule has 3 N–H and O–H groups in total. The number of carbonyl (C=O) groups is 1. The molecular weight excluding hydrogens is 338 g/mol. The van der Waals surface area contributed by atoms with Crippen LogP contribution in [0.3, 0.4) is 0 Å². The second-order valence-corrected chi connectivity index (χ2v) is 8.90. The van der Waals surface area contributed by atoms with Gasteiger partial charge in [0.05, 0.1) is 12.5 Å². The normalized spacial score (nSPS) is 28.8. The number of benzene rings is 1. The van der Waals surface area contributed by atoms with Crippen molar-refractivity contribution >= 4 is 16.8 Å². The third-order valence-corrected chi connectivity index (χ3v) is 6.94. The van der Waals surface area contributed by atoms with Crippen LogP contribution in [-0.2, 0) is 11.2 Å². The van der Waals surface area contributed by atoms with Gasteiger partial charge in [0.1, 0.15) is 0 Å². The predicted octanol–water partition coefficient (Wildman–Crippen LogP) is 2.50. The monoisotopic (exact) mass is 367 g/mol. The zero-order chi connectivity index (χ0) is 18.7. The van der Waals surface area contributed by atoms with Gasteiger partial charge in [-0.15, -0.1) is 0 Å². The van der Waals surface area contributed by atoms with Crippen molar-refractivity contribution in [3.05, 3.63) is 35.0 Å². The number of fused-ring (bicyclic) bond motifs is 2. The molecular formula is C22H29N3O2. The summed E-state index contributed by atoms with van der Waals surface area (Å²) in [6, 6.07) is 7.31. The molecule has 5 rings (SSSR count). The maximum absolute atomic E-state index is 12.3. The second-order valence-electron chi connectivity index (χ2n) is 8.90. The van der Waals surface area contributed by atoms with E-state index in [9.17, 15) is 9.90 Å². The molecule has 1 saturated carbocycles. The van der Waals surface area contributed by atoms with Crippen LogP contribution in [0.25, 0.3) is 10.9 Å². The first-order valence-electron chi connectivity index (χ1n) is 10.3. The van der Waals surface area contributed by atoms with Crippen LogP contribution < -0.4 is 5.32 Å². The Kier molecular flexibility index (Phi) is 4.06. The minimum absolute atomic E-state index is 0.0401. The van der Waals surface area contributed by atoms with E-state index in [0.717, 1.165) is 25.3 Å². The molecule has 4 atom stereocenters. The van der Waals surface area contributed by atoms with E-state index in [2.05, 4.69) is 40.4 Å². The predicted molar refractivity (Wildman–Crippen MR) is 106 cm³/mol. The summed E-state index contributed by atoms with van der Waals surface area (Å²) in [5.41, 5.74) is 5.76. The Morgan fingerprint density at radius 2 is 2.22 bits per heavy atom. The molecule has 2 aliphatic carbocycles. The van der Waals surface area contributed by atoms with Gasteiger partial charge in [-0.05, 0) is 55.8 Å². The van der Waals surface area contributed by atoms with Crippen molar-refractivity contribution in [2.45, 2.75) is 56.5 Å². The molecule has 3 aliphatic rings. The van der Waals surface area contributed by atoms with Crippen molar-refractivity contribution in [1.82, 2.24) is 15.2 Å².